The van der Waals surface area contributed by atoms with E-state index in [0.717, 1.165) is 0 Å². The third-order valence-corrected chi connectivity index (χ3v) is 5.55. The summed E-state index contributed by atoms with van der Waals surface area (Å²) in [4.78, 5) is 23.5. The Morgan fingerprint density at radius 1 is 1.22 bits per heavy atom. The summed E-state index contributed by atoms with van der Waals surface area (Å²) >= 11 is 0. The zero-order chi connectivity index (χ0) is 19.2. The number of amides is 1. The van der Waals surface area contributed by atoms with Gasteiger partial charge in [0.05, 0.1) is 35.8 Å². The van der Waals surface area contributed by atoms with Crippen LogP contribution in [0.25, 0.3) is 0 Å². The molecular formula is C20H23FN4O2. The summed E-state index contributed by atoms with van der Waals surface area (Å²) in [6, 6.07) is 5.16. The lowest BCUT2D eigenvalue weighted by molar-refractivity contribution is 0.0980. The van der Waals surface area contributed by atoms with Crippen LogP contribution in [-0.2, 0) is 11.2 Å². The van der Waals surface area contributed by atoms with E-state index in [2.05, 4.69) is 15.3 Å². The van der Waals surface area contributed by atoms with E-state index in [-0.39, 0.29) is 5.91 Å². The standard InChI is InChI=1S/C20H23FN4O2/c1-19(2)17-15(4-5-16(24-17)27-3)18(26)25(19)14-10-13(11-23-12-14)20(21)6-8-22-9-7-20/h4-5,10-12,22H,6-9H2,1-3H3. The molecule has 2 aromatic heterocycles. The Balaban J connectivity index is 1.76. The predicted octanol–water partition coefficient (Wildman–Crippen LogP) is 2.93. The highest BCUT2D eigenvalue weighted by Crippen LogP contribution is 2.43. The largest absolute Gasteiger partial charge is 0.481 e. The maximum atomic E-state index is 15.4. The lowest BCUT2D eigenvalue weighted by atomic mass is 9.87. The van der Waals surface area contributed by atoms with Crippen molar-refractivity contribution in [1.29, 1.82) is 0 Å². The van der Waals surface area contributed by atoms with E-state index in [1.165, 1.54) is 0 Å². The average molecular weight is 370 g/mol. The number of carbonyl (C=O) groups is 1. The van der Waals surface area contributed by atoms with E-state index < -0.39 is 11.2 Å². The molecule has 0 aliphatic carbocycles. The van der Waals surface area contributed by atoms with Gasteiger partial charge in [-0.05, 0) is 51.9 Å². The molecule has 2 aromatic rings. The fraction of sp³-hybridized carbons (Fsp3) is 0.450. The van der Waals surface area contributed by atoms with Gasteiger partial charge in [0.2, 0.25) is 5.88 Å². The number of nitrogens with one attached hydrogen (secondary N) is 1. The number of hydrogen-bond acceptors (Lipinski definition) is 5. The Morgan fingerprint density at radius 2 is 1.96 bits per heavy atom. The van der Waals surface area contributed by atoms with Gasteiger partial charge in [-0.3, -0.25) is 14.7 Å². The monoisotopic (exact) mass is 370 g/mol. The molecule has 4 rings (SSSR count). The van der Waals surface area contributed by atoms with Crippen LogP contribution < -0.4 is 15.0 Å². The molecule has 4 heterocycles. The number of nitrogens with zero attached hydrogens (tertiary/aromatic N) is 3. The molecule has 1 N–H and O–H groups in total. The lowest BCUT2D eigenvalue weighted by Gasteiger charge is -2.34. The second kappa shape index (κ2) is 6.27. The third kappa shape index (κ3) is 2.77. The van der Waals surface area contributed by atoms with Crippen molar-refractivity contribution in [2.45, 2.75) is 37.9 Å². The maximum Gasteiger partial charge on any atom is 0.261 e. The first-order valence-corrected chi connectivity index (χ1v) is 9.12. The second-order valence-electron chi connectivity index (χ2n) is 7.60. The molecule has 1 fully saturated rings. The van der Waals surface area contributed by atoms with Crippen molar-refractivity contribution < 1.29 is 13.9 Å². The second-order valence-corrected chi connectivity index (χ2v) is 7.60. The van der Waals surface area contributed by atoms with E-state index in [9.17, 15) is 4.79 Å². The fourth-order valence-electron chi connectivity index (χ4n) is 4.02. The number of ether oxygens (including phenoxy) is 1. The van der Waals surface area contributed by atoms with Gasteiger partial charge in [-0.1, -0.05) is 0 Å². The molecule has 0 unspecified atom stereocenters. The number of piperidine rings is 1. The zero-order valence-electron chi connectivity index (χ0n) is 15.8. The first-order chi connectivity index (χ1) is 12.9. The minimum absolute atomic E-state index is 0.165. The number of pyridine rings is 2. The summed E-state index contributed by atoms with van der Waals surface area (Å²) in [5.74, 6) is 0.295. The topological polar surface area (TPSA) is 67.3 Å². The van der Waals surface area contributed by atoms with Crippen molar-refractivity contribution >= 4 is 11.6 Å². The number of aromatic nitrogens is 2. The number of halogens is 1. The number of alkyl halides is 1. The normalized spacial score (nSPS) is 20.4. The highest BCUT2D eigenvalue weighted by Gasteiger charge is 2.46. The number of carbonyl (C=O) groups excluding carboxylic acids is 1. The Hall–Kier alpha value is -2.54. The van der Waals surface area contributed by atoms with Gasteiger partial charge in [0.25, 0.3) is 5.91 Å². The lowest BCUT2D eigenvalue weighted by Crippen LogP contribution is -2.40. The van der Waals surface area contributed by atoms with Gasteiger partial charge in [0.1, 0.15) is 5.67 Å². The number of hydrogen-bond donors (Lipinski definition) is 1. The van der Waals surface area contributed by atoms with Crippen LogP contribution >= 0.6 is 0 Å². The van der Waals surface area contributed by atoms with Crippen molar-refractivity contribution in [3.63, 3.8) is 0 Å². The molecule has 1 saturated heterocycles. The van der Waals surface area contributed by atoms with Crippen molar-refractivity contribution in [3.8, 4) is 5.88 Å². The molecule has 0 aromatic carbocycles. The van der Waals surface area contributed by atoms with Crippen LogP contribution in [0.3, 0.4) is 0 Å². The molecule has 27 heavy (non-hydrogen) atoms. The van der Waals surface area contributed by atoms with Gasteiger partial charge < -0.3 is 10.1 Å². The summed E-state index contributed by atoms with van der Waals surface area (Å²) < 4.78 is 20.6. The summed E-state index contributed by atoms with van der Waals surface area (Å²) in [5, 5.41) is 3.18. The van der Waals surface area contributed by atoms with Gasteiger partial charge in [0.15, 0.2) is 0 Å². The van der Waals surface area contributed by atoms with Crippen LogP contribution in [0.1, 0.15) is 48.3 Å². The number of rotatable bonds is 3. The zero-order valence-corrected chi connectivity index (χ0v) is 15.8. The Bertz CT molecular complexity index is 893. The van der Waals surface area contributed by atoms with E-state index in [1.54, 1.807) is 42.6 Å². The van der Waals surface area contributed by atoms with Crippen LogP contribution in [-0.4, -0.2) is 36.1 Å². The molecule has 0 saturated carbocycles. The van der Waals surface area contributed by atoms with Crippen molar-refractivity contribution in [2.75, 3.05) is 25.1 Å². The van der Waals surface area contributed by atoms with Crippen LogP contribution in [0.2, 0.25) is 0 Å². The van der Waals surface area contributed by atoms with E-state index >= 15 is 4.39 Å². The van der Waals surface area contributed by atoms with Crippen LogP contribution in [0.5, 0.6) is 5.88 Å². The van der Waals surface area contributed by atoms with Gasteiger partial charge in [-0.25, -0.2) is 9.37 Å². The molecule has 142 valence electrons. The third-order valence-electron chi connectivity index (χ3n) is 5.55. The Morgan fingerprint density at radius 3 is 2.67 bits per heavy atom. The summed E-state index contributed by atoms with van der Waals surface area (Å²) in [6.45, 7) is 5.10. The minimum atomic E-state index is -1.42. The van der Waals surface area contributed by atoms with Crippen molar-refractivity contribution in [1.82, 2.24) is 15.3 Å². The molecule has 2 aliphatic rings. The fourth-order valence-corrected chi connectivity index (χ4v) is 4.02. The smallest absolute Gasteiger partial charge is 0.261 e. The molecule has 0 atom stereocenters. The number of methoxy groups -OCH3 is 1. The van der Waals surface area contributed by atoms with Crippen LogP contribution in [0.15, 0.2) is 30.6 Å². The molecule has 0 spiro atoms. The van der Waals surface area contributed by atoms with Crippen molar-refractivity contribution in [2.24, 2.45) is 0 Å². The summed E-state index contributed by atoms with van der Waals surface area (Å²) in [6.07, 6.45) is 3.97. The van der Waals surface area contributed by atoms with Gasteiger partial charge >= 0.3 is 0 Å². The quantitative estimate of drug-likeness (QED) is 0.900. The Kier molecular flexibility index (Phi) is 4.14. The van der Waals surface area contributed by atoms with Crippen molar-refractivity contribution in [3.05, 3.63) is 47.4 Å². The van der Waals surface area contributed by atoms with Crippen LogP contribution in [0, 0.1) is 0 Å². The molecule has 0 bridgehead atoms. The molecule has 0 radical (unpaired) electrons. The first-order valence-electron chi connectivity index (χ1n) is 9.12. The minimum Gasteiger partial charge on any atom is -0.481 e. The molecule has 2 aliphatic heterocycles. The highest BCUT2D eigenvalue weighted by atomic mass is 19.1. The van der Waals surface area contributed by atoms with Gasteiger partial charge in [-0.15, -0.1) is 0 Å². The predicted molar refractivity (Wildman–Crippen MR) is 99.8 cm³/mol. The van der Waals surface area contributed by atoms with E-state index in [4.69, 9.17) is 4.74 Å². The Labute approximate surface area is 157 Å². The van der Waals surface area contributed by atoms with Crippen LogP contribution in [0.4, 0.5) is 10.1 Å². The SMILES string of the molecule is COc1ccc2c(n1)C(C)(C)N(c1cncc(C3(F)CCNCC3)c1)C2=O. The van der Waals surface area contributed by atoms with Gasteiger partial charge in [-0.2, -0.15) is 0 Å². The van der Waals surface area contributed by atoms with E-state index in [1.807, 2.05) is 13.8 Å². The maximum absolute atomic E-state index is 15.4. The molecule has 6 nitrogen and oxygen atoms in total. The first kappa shape index (κ1) is 17.9. The van der Waals surface area contributed by atoms with Gasteiger partial charge in [0, 0.05) is 17.8 Å². The molecular weight excluding hydrogens is 347 g/mol. The summed E-state index contributed by atoms with van der Waals surface area (Å²) in [5.41, 5.74) is 0.160. The number of anilines is 1. The average Bonchev–Trinajstić information content (AvgIpc) is 2.87. The summed E-state index contributed by atoms with van der Waals surface area (Å²) in [7, 11) is 1.55. The number of fused-ring (bicyclic) bond motifs is 1. The molecule has 1 amide bonds. The highest BCUT2D eigenvalue weighted by molar-refractivity contribution is 6.11. The van der Waals surface area contributed by atoms with E-state index in [0.29, 0.717) is 54.3 Å². The molecule has 7 heteroatoms.